The normalized spacial score (nSPS) is 14.1. The van der Waals surface area contributed by atoms with Crippen LogP contribution in [0.25, 0.3) is 0 Å². The minimum Gasteiger partial charge on any atom is -0.497 e. The summed E-state index contributed by atoms with van der Waals surface area (Å²) in [5.74, 6) is 1.06. The van der Waals surface area contributed by atoms with Crippen molar-refractivity contribution in [2.75, 3.05) is 19.0 Å². The highest BCUT2D eigenvalue weighted by atomic mass is 35.5. The maximum absolute atomic E-state index is 12.6. The zero-order valence-corrected chi connectivity index (χ0v) is 17.9. The van der Waals surface area contributed by atoms with E-state index in [9.17, 15) is 4.79 Å². The average molecular weight is 393 g/mol. The lowest BCUT2D eigenvalue weighted by Crippen LogP contribution is -2.41. The zero-order valence-electron chi connectivity index (χ0n) is 17.1. The molecule has 4 nitrogen and oxygen atoms in total. The third kappa shape index (κ3) is 8.08. The van der Waals surface area contributed by atoms with E-state index in [1.165, 1.54) is 0 Å². The predicted molar refractivity (Wildman–Crippen MR) is 115 cm³/mol. The Morgan fingerprint density at radius 3 is 2.63 bits per heavy atom. The molecular formula is C22H33ClN2O2. The van der Waals surface area contributed by atoms with Crippen LogP contribution in [-0.2, 0) is 16.0 Å². The van der Waals surface area contributed by atoms with Crippen LogP contribution >= 0.6 is 11.6 Å². The summed E-state index contributed by atoms with van der Waals surface area (Å²) >= 11 is 6.07. The van der Waals surface area contributed by atoms with Crippen molar-refractivity contribution in [1.82, 2.24) is 5.32 Å². The number of carbonyl (C=O) groups excluding carboxylic acids is 1. The Bertz CT molecular complexity index is 656. The topological polar surface area (TPSA) is 50.4 Å². The summed E-state index contributed by atoms with van der Waals surface area (Å²) < 4.78 is 5.29. The zero-order chi connectivity index (χ0) is 20.2. The molecule has 0 aromatic heterocycles. The lowest BCUT2D eigenvalue weighted by atomic mass is 10.1. The number of carbonyl (C=O) groups is 1. The molecule has 0 bridgehead atoms. The molecule has 1 rings (SSSR count). The van der Waals surface area contributed by atoms with Crippen LogP contribution in [0.15, 0.2) is 42.2 Å². The Morgan fingerprint density at radius 2 is 2.04 bits per heavy atom. The summed E-state index contributed by atoms with van der Waals surface area (Å²) in [5.41, 5.74) is 2.08. The Kier molecular flexibility index (Phi) is 10.6. The van der Waals surface area contributed by atoms with Gasteiger partial charge in [0.2, 0.25) is 5.91 Å². The fraction of sp³-hybridized carbons (Fsp3) is 0.500. The number of hydrogen-bond acceptors (Lipinski definition) is 3. The Morgan fingerprint density at radius 1 is 1.30 bits per heavy atom. The minimum atomic E-state index is -0.276. The third-order valence-corrected chi connectivity index (χ3v) is 4.57. The average Bonchev–Trinajstić information content (AvgIpc) is 2.68. The van der Waals surface area contributed by atoms with Crippen LogP contribution in [0.4, 0.5) is 5.69 Å². The number of benzene rings is 1. The highest BCUT2D eigenvalue weighted by Crippen LogP contribution is 2.22. The molecule has 0 spiro atoms. The molecule has 150 valence electrons. The summed E-state index contributed by atoms with van der Waals surface area (Å²) in [6, 6.07) is 5.45. The second kappa shape index (κ2) is 12.4. The van der Waals surface area contributed by atoms with Gasteiger partial charge in [0.25, 0.3) is 0 Å². The van der Waals surface area contributed by atoms with Crippen molar-refractivity contribution < 1.29 is 9.53 Å². The maximum Gasteiger partial charge on any atom is 0.242 e. The van der Waals surface area contributed by atoms with E-state index >= 15 is 0 Å². The summed E-state index contributed by atoms with van der Waals surface area (Å²) in [7, 11) is 1.66. The molecule has 1 aromatic carbocycles. The van der Waals surface area contributed by atoms with Crippen molar-refractivity contribution >= 4 is 23.2 Å². The van der Waals surface area contributed by atoms with E-state index in [0.29, 0.717) is 18.0 Å². The summed E-state index contributed by atoms with van der Waals surface area (Å²) in [6.07, 6.45) is 8.51. The Hall–Kier alpha value is -1.94. The van der Waals surface area contributed by atoms with Crippen molar-refractivity contribution in [3.63, 3.8) is 0 Å². The van der Waals surface area contributed by atoms with E-state index in [1.54, 1.807) is 7.11 Å². The van der Waals surface area contributed by atoms with E-state index in [1.807, 2.05) is 43.4 Å². The first kappa shape index (κ1) is 23.1. The molecule has 0 saturated carbocycles. The smallest absolute Gasteiger partial charge is 0.242 e. The number of nitrogens with one attached hydrogen (secondary N) is 2. The van der Waals surface area contributed by atoms with Gasteiger partial charge in [-0.25, -0.2) is 0 Å². The SMILES string of the molecule is CC/C=C(\C=C/C(C)CNC(=O)C(CC)Nc1ccc(Cl)cc1CC)OC. The third-order valence-electron chi connectivity index (χ3n) is 4.33. The van der Waals surface area contributed by atoms with E-state index in [2.05, 4.69) is 31.4 Å². The van der Waals surface area contributed by atoms with Gasteiger partial charge in [0, 0.05) is 17.3 Å². The van der Waals surface area contributed by atoms with Gasteiger partial charge in [0.05, 0.1) is 7.11 Å². The van der Waals surface area contributed by atoms with Crippen molar-refractivity contribution in [3.05, 3.63) is 52.8 Å². The van der Waals surface area contributed by atoms with E-state index in [4.69, 9.17) is 16.3 Å². The molecule has 27 heavy (non-hydrogen) atoms. The van der Waals surface area contributed by atoms with Crippen LogP contribution < -0.4 is 10.6 Å². The molecule has 0 aliphatic rings. The fourth-order valence-electron chi connectivity index (χ4n) is 2.67. The van der Waals surface area contributed by atoms with Crippen molar-refractivity contribution in [2.24, 2.45) is 5.92 Å². The number of rotatable bonds is 11. The van der Waals surface area contributed by atoms with Crippen molar-refractivity contribution in [3.8, 4) is 0 Å². The van der Waals surface area contributed by atoms with E-state index in [0.717, 1.165) is 29.9 Å². The summed E-state index contributed by atoms with van der Waals surface area (Å²) in [5, 5.41) is 7.11. The highest BCUT2D eigenvalue weighted by molar-refractivity contribution is 6.30. The number of anilines is 1. The molecule has 0 radical (unpaired) electrons. The quantitative estimate of drug-likeness (QED) is 0.394. The number of methoxy groups -OCH3 is 1. The summed E-state index contributed by atoms with van der Waals surface area (Å²) in [4.78, 5) is 12.6. The monoisotopic (exact) mass is 392 g/mol. The molecule has 2 atom stereocenters. The largest absolute Gasteiger partial charge is 0.497 e. The maximum atomic E-state index is 12.6. The first-order valence-corrected chi connectivity index (χ1v) is 10.1. The summed E-state index contributed by atoms with van der Waals surface area (Å²) in [6.45, 7) is 8.80. The number of amides is 1. The second-order valence-corrected chi connectivity index (χ2v) is 7.00. The van der Waals surface area contributed by atoms with Gasteiger partial charge in [-0.3, -0.25) is 4.79 Å². The molecular weight excluding hydrogens is 360 g/mol. The molecule has 1 aromatic rings. The van der Waals surface area contributed by atoms with E-state index < -0.39 is 0 Å². The van der Waals surface area contributed by atoms with Gasteiger partial charge in [-0.1, -0.05) is 45.4 Å². The van der Waals surface area contributed by atoms with Crippen LogP contribution in [0.1, 0.15) is 46.1 Å². The molecule has 0 heterocycles. The number of aryl methyl sites for hydroxylation is 1. The van der Waals surface area contributed by atoms with Gasteiger partial charge in [0.15, 0.2) is 0 Å². The van der Waals surface area contributed by atoms with Gasteiger partial charge in [0.1, 0.15) is 11.8 Å². The number of hydrogen-bond donors (Lipinski definition) is 2. The molecule has 0 fully saturated rings. The van der Waals surface area contributed by atoms with Crippen LogP contribution in [-0.4, -0.2) is 25.6 Å². The van der Waals surface area contributed by atoms with Crippen molar-refractivity contribution in [2.45, 2.75) is 53.0 Å². The van der Waals surface area contributed by atoms with Crippen LogP contribution in [0.3, 0.4) is 0 Å². The number of allylic oxidation sites excluding steroid dienone is 2. The van der Waals surface area contributed by atoms with Gasteiger partial charge in [-0.05, 0) is 61.1 Å². The van der Waals surface area contributed by atoms with Gasteiger partial charge in [-0.2, -0.15) is 0 Å². The molecule has 5 heteroatoms. The molecule has 2 N–H and O–H groups in total. The lowest BCUT2D eigenvalue weighted by Gasteiger charge is -2.21. The Balaban J connectivity index is 2.64. The molecule has 0 aliphatic carbocycles. The fourth-order valence-corrected chi connectivity index (χ4v) is 2.86. The van der Waals surface area contributed by atoms with Gasteiger partial charge in [-0.15, -0.1) is 0 Å². The van der Waals surface area contributed by atoms with Gasteiger partial charge < -0.3 is 15.4 Å². The number of ether oxygens (including phenoxy) is 1. The van der Waals surface area contributed by atoms with Crippen LogP contribution in [0.2, 0.25) is 5.02 Å². The first-order chi connectivity index (χ1) is 12.9. The van der Waals surface area contributed by atoms with E-state index in [-0.39, 0.29) is 17.9 Å². The highest BCUT2D eigenvalue weighted by Gasteiger charge is 2.17. The lowest BCUT2D eigenvalue weighted by molar-refractivity contribution is -0.122. The molecule has 0 aliphatic heterocycles. The Labute approximate surface area is 169 Å². The molecule has 1 amide bonds. The predicted octanol–water partition coefficient (Wildman–Crippen LogP) is 5.34. The van der Waals surface area contributed by atoms with Crippen LogP contribution in [0, 0.1) is 5.92 Å². The second-order valence-electron chi connectivity index (χ2n) is 6.56. The molecule has 0 saturated heterocycles. The minimum absolute atomic E-state index is 0.00539. The first-order valence-electron chi connectivity index (χ1n) is 9.70. The molecule has 2 unspecified atom stereocenters. The van der Waals surface area contributed by atoms with Crippen molar-refractivity contribution in [1.29, 1.82) is 0 Å². The van der Waals surface area contributed by atoms with Gasteiger partial charge >= 0.3 is 0 Å². The standard InChI is InChI=1S/C22H33ClN2O2/c1-6-9-19(27-5)12-10-16(4)15-24-22(26)20(8-3)25-21-13-11-18(23)14-17(21)7-2/h9-14,16,20,25H,6-8,15H2,1-5H3,(H,24,26)/b12-10-,19-9+. The van der Waals surface area contributed by atoms with Crippen LogP contribution in [0.5, 0.6) is 0 Å². The number of halogens is 1.